The summed E-state index contributed by atoms with van der Waals surface area (Å²) in [5.41, 5.74) is 7.95. The second-order valence-electron chi connectivity index (χ2n) is 4.54. The van der Waals surface area contributed by atoms with E-state index in [9.17, 15) is 4.79 Å². The van der Waals surface area contributed by atoms with Gasteiger partial charge in [-0.2, -0.15) is 5.10 Å². The molecule has 6 nitrogen and oxygen atoms in total. The topological polar surface area (TPSA) is 82.2 Å². The SMILES string of the molecule is COc1cc(N)ccc1NC(=O)CCn1cc(C)cn1. The lowest BCUT2D eigenvalue weighted by Crippen LogP contribution is -2.15. The Bertz CT molecular complexity index is 607. The van der Waals surface area contributed by atoms with Crippen LogP contribution in [0.5, 0.6) is 5.75 Å². The molecule has 1 amide bonds. The molecule has 0 spiro atoms. The van der Waals surface area contributed by atoms with Gasteiger partial charge in [-0.25, -0.2) is 0 Å². The standard InChI is InChI=1S/C14H18N4O2/c1-10-8-16-18(9-10)6-5-14(19)17-12-4-3-11(15)7-13(12)20-2/h3-4,7-9H,5-6,15H2,1-2H3,(H,17,19). The number of nitrogens with two attached hydrogens (primary N) is 1. The zero-order valence-corrected chi connectivity index (χ0v) is 11.6. The second kappa shape index (κ2) is 6.10. The molecule has 0 radical (unpaired) electrons. The molecule has 0 fully saturated rings. The third kappa shape index (κ3) is 3.50. The normalized spacial score (nSPS) is 10.3. The number of ether oxygens (including phenoxy) is 1. The fourth-order valence-electron chi connectivity index (χ4n) is 1.83. The number of amides is 1. The first-order valence-electron chi connectivity index (χ1n) is 6.31. The summed E-state index contributed by atoms with van der Waals surface area (Å²) in [4.78, 5) is 11.9. The molecule has 2 rings (SSSR count). The van der Waals surface area contributed by atoms with Gasteiger partial charge in [-0.15, -0.1) is 0 Å². The number of methoxy groups -OCH3 is 1. The van der Waals surface area contributed by atoms with Crippen LogP contribution in [0.25, 0.3) is 0 Å². The Hall–Kier alpha value is -2.50. The van der Waals surface area contributed by atoms with Gasteiger partial charge in [0.25, 0.3) is 0 Å². The Morgan fingerprint density at radius 3 is 2.95 bits per heavy atom. The van der Waals surface area contributed by atoms with Crippen LogP contribution in [0.3, 0.4) is 0 Å². The van der Waals surface area contributed by atoms with Gasteiger partial charge >= 0.3 is 0 Å². The minimum absolute atomic E-state index is 0.0961. The third-order valence-corrected chi connectivity index (χ3v) is 2.83. The number of carbonyl (C=O) groups excluding carboxylic acids is 1. The van der Waals surface area contributed by atoms with Gasteiger partial charge in [0, 0.05) is 30.9 Å². The van der Waals surface area contributed by atoms with Crippen LogP contribution in [0.1, 0.15) is 12.0 Å². The molecule has 1 aromatic heterocycles. The Balaban J connectivity index is 1.94. The molecule has 0 saturated heterocycles. The second-order valence-corrected chi connectivity index (χ2v) is 4.54. The molecule has 0 aliphatic carbocycles. The minimum Gasteiger partial charge on any atom is -0.494 e. The first-order chi connectivity index (χ1) is 9.58. The number of benzene rings is 1. The number of nitrogens with one attached hydrogen (secondary N) is 1. The third-order valence-electron chi connectivity index (χ3n) is 2.83. The zero-order chi connectivity index (χ0) is 14.5. The highest BCUT2D eigenvalue weighted by Gasteiger charge is 2.08. The number of carbonyl (C=O) groups is 1. The monoisotopic (exact) mass is 274 g/mol. The Kier molecular flexibility index (Phi) is 4.24. The summed E-state index contributed by atoms with van der Waals surface area (Å²) >= 11 is 0. The van der Waals surface area contributed by atoms with Gasteiger partial charge in [-0.05, 0) is 24.6 Å². The molecule has 0 aliphatic heterocycles. The minimum atomic E-state index is -0.0961. The molecule has 1 aromatic carbocycles. The molecule has 3 N–H and O–H groups in total. The van der Waals surface area contributed by atoms with E-state index in [2.05, 4.69) is 10.4 Å². The number of hydrogen-bond acceptors (Lipinski definition) is 4. The van der Waals surface area contributed by atoms with Crippen LogP contribution in [-0.4, -0.2) is 22.8 Å². The Labute approximate surface area is 117 Å². The molecule has 1 heterocycles. The summed E-state index contributed by atoms with van der Waals surface area (Å²) in [6, 6.07) is 5.12. The predicted molar refractivity (Wildman–Crippen MR) is 77.6 cm³/mol. The number of hydrogen-bond donors (Lipinski definition) is 2. The van der Waals surface area contributed by atoms with Crippen molar-refractivity contribution in [3.05, 3.63) is 36.2 Å². The van der Waals surface area contributed by atoms with Crippen LogP contribution < -0.4 is 15.8 Å². The first kappa shape index (κ1) is 13.9. The molecular weight excluding hydrogens is 256 g/mol. The van der Waals surface area contributed by atoms with Gasteiger partial charge in [0.1, 0.15) is 5.75 Å². The quantitative estimate of drug-likeness (QED) is 0.815. The van der Waals surface area contributed by atoms with Gasteiger partial charge in [-0.3, -0.25) is 9.48 Å². The van der Waals surface area contributed by atoms with Gasteiger partial charge in [0.05, 0.1) is 19.0 Å². The maximum absolute atomic E-state index is 11.9. The maximum Gasteiger partial charge on any atom is 0.226 e. The Morgan fingerprint density at radius 2 is 2.30 bits per heavy atom. The van der Waals surface area contributed by atoms with Crippen LogP contribution in [0.15, 0.2) is 30.6 Å². The molecule has 6 heteroatoms. The van der Waals surface area contributed by atoms with Gasteiger partial charge in [-0.1, -0.05) is 0 Å². The number of nitrogen functional groups attached to an aromatic ring is 1. The van der Waals surface area contributed by atoms with Crippen molar-refractivity contribution in [2.24, 2.45) is 0 Å². The van der Waals surface area contributed by atoms with E-state index in [-0.39, 0.29) is 5.91 Å². The summed E-state index contributed by atoms with van der Waals surface area (Å²) in [5, 5.41) is 6.94. The molecule has 20 heavy (non-hydrogen) atoms. The number of anilines is 2. The largest absolute Gasteiger partial charge is 0.494 e. The van der Waals surface area contributed by atoms with Crippen molar-refractivity contribution >= 4 is 17.3 Å². The van der Waals surface area contributed by atoms with Gasteiger partial charge in [0.15, 0.2) is 0 Å². The zero-order valence-electron chi connectivity index (χ0n) is 11.6. The number of aryl methyl sites for hydroxylation is 2. The molecule has 106 valence electrons. The van der Waals surface area contributed by atoms with Gasteiger partial charge in [0.2, 0.25) is 5.91 Å². The molecule has 0 unspecified atom stereocenters. The number of aromatic nitrogens is 2. The molecule has 0 aliphatic rings. The summed E-state index contributed by atoms with van der Waals surface area (Å²) in [6.45, 7) is 2.50. The van der Waals surface area contributed by atoms with E-state index >= 15 is 0 Å². The first-order valence-corrected chi connectivity index (χ1v) is 6.31. The van der Waals surface area contributed by atoms with E-state index in [1.165, 1.54) is 7.11 Å². The summed E-state index contributed by atoms with van der Waals surface area (Å²) < 4.78 is 6.93. The summed E-state index contributed by atoms with van der Waals surface area (Å²) in [6.07, 6.45) is 4.01. The lowest BCUT2D eigenvalue weighted by Gasteiger charge is -2.10. The van der Waals surface area contributed by atoms with Gasteiger partial charge < -0.3 is 15.8 Å². The van der Waals surface area contributed by atoms with Crippen LogP contribution in [-0.2, 0) is 11.3 Å². The van der Waals surface area contributed by atoms with E-state index in [0.29, 0.717) is 30.1 Å². The van der Waals surface area contributed by atoms with Crippen molar-refractivity contribution in [1.29, 1.82) is 0 Å². The number of rotatable bonds is 5. The van der Waals surface area contributed by atoms with Crippen LogP contribution in [0.4, 0.5) is 11.4 Å². The lowest BCUT2D eigenvalue weighted by molar-refractivity contribution is -0.116. The van der Waals surface area contributed by atoms with Crippen molar-refractivity contribution in [2.75, 3.05) is 18.2 Å². The lowest BCUT2D eigenvalue weighted by atomic mass is 10.2. The van der Waals surface area contributed by atoms with Crippen LogP contribution in [0.2, 0.25) is 0 Å². The van der Waals surface area contributed by atoms with Crippen molar-refractivity contribution in [2.45, 2.75) is 19.9 Å². The molecule has 0 bridgehead atoms. The Morgan fingerprint density at radius 1 is 1.50 bits per heavy atom. The molecule has 0 atom stereocenters. The highest BCUT2D eigenvalue weighted by molar-refractivity contribution is 5.92. The number of nitrogens with zero attached hydrogens (tertiary/aromatic N) is 2. The average Bonchev–Trinajstić information content (AvgIpc) is 2.84. The van der Waals surface area contributed by atoms with Crippen molar-refractivity contribution in [3.8, 4) is 5.75 Å². The van der Waals surface area contributed by atoms with Crippen molar-refractivity contribution in [3.63, 3.8) is 0 Å². The highest BCUT2D eigenvalue weighted by atomic mass is 16.5. The van der Waals surface area contributed by atoms with E-state index < -0.39 is 0 Å². The maximum atomic E-state index is 11.9. The van der Waals surface area contributed by atoms with E-state index in [1.807, 2.05) is 13.1 Å². The van der Waals surface area contributed by atoms with E-state index in [1.54, 1.807) is 29.1 Å². The van der Waals surface area contributed by atoms with E-state index in [0.717, 1.165) is 5.56 Å². The fourth-order valence-corrected chi connectivity index (χ4v) is 1.83. The highest BCUT2D eigenvalue weighted by Crippen LogP contribution is 2.26. The molecule has 2 aromatic rings. The average molecular weight is 274 g/mol. The van der Waals surface area contributed by atoms with Crippen molar-refractivity contribution < 1.29 is 9.53 Å². The van der Waals surface area contributed by atoms with Crippen LogP contribution >= 0.6 is 0 Å². The molecular formula is C14H18N4O2. The fraction of sp³-hybridized carbons (Fsp3) is 0.286. The predicted octanol–water partition coefficient (Wildman–Crippen LogP) is 1.81. The summed E-state index contributed by atoms with van der Waals surface area (Å²) in [5.74, 6) is 0.453. The molecule has 0 saturated carbocycles. The van der Waals surface area contributed by atoms with Crippen molar-refractivity contribution in [1.82, 2.24) is 9.78 Å². The summed E-state index contributed by atoms with van der Waals surface area (Å²) in [7, 11) is 1.54. The van der Waals surface area contributed by atoms with E-state index in [4.69, 9.17) is 10.5 Å². The smallest absolute Gasteiger partial charge is 0.226 e. The van der Waals surface area contributed by atoms with Crippen LogP contribution in [0, 0.1) is 6.92 Å².